The summed E-state index contributed by atoms with van der Waals surface area (Å²) in [6.07, 6.45) is 0.839. The quantitative estimate of drug-likeness (QED) is 0.428. The Kier molecular flexibility index (Phi) is 5.49. The van der Waals surface area contributed by atoms with Crippen molar-refractivity contribution in [3.05, 3.63) is 0 Å². The van der Waals surface area contributed by atoms with Crippen LogP contribution >= 0.6 is 0 Å². The van der Waals surface area contributed by atoms with Gasteiger partial charge in [0.05, 0.1) is 6.42 Å². The zero-order valence-electron chi connectivity index (χ0n) is 9.10. The summed E-state index contributed by atoms with van der Waals surface area (Å²) in [6.45, 7) is 1.89. The number of unbranched alkanes of at least 4 members (excludes halogenated alkanes) is 2. The molecule has 3 N–H and O–H groups in total. The van der Waals surface area contributed by atoms with Crippen LogP contribution in [0, 0.1) is 5.41 Å². The van der Waals surface area contributed by atoms with Crippen molar-refractivity contribution < 1.29 is 29.7 Å². The molecule has 0 saturated carbocycles. The first-order valence-electron chi connectivity index (χ1n) is 5.05. The van der Waals surface area contributed by atoms with Crippen LogP contribution in [-0.4, -0.2) is 33.2 Å². The SMILES string of the molecule is CCCCCC(CC(=O)O)(C(=O)O)C(=O)O. The molecule has 0 aliphatic carbocycles. The number of carbonyl (C=O) groups is 3. The zero-order chi connectivity index (χ0) is 12.8. The minimum absolute atomic E-state index is 0.155. The molecule has 0 heterocycles. The summed E-state index contributed by atoms with van der Waals surface area (Å²) in [6, 6.07) is 0. The van der Waals surface area contributed by atoms with E-state index in [-0.39, 0.29) is 6.42 Å². The maximum Gasteiger partial charge on any atom is 0.321 e. The fourth-order valence-electron chi connectivity index (χ4n) is 1.48. The van der Waals surface area contributed by atoms with Crippen molar-refractivity contribution in [3.63, 3.8) is 0 Å². The molecule has 0 atom stereocenters. The lowest BCUT2D eigenvalue weighted by Crippen LogP contribution is -2.41. The highest BCUT2D eigenvalue weighted by atomic mass is 16.4. The van der Waals surface area contributed by atoms with Crippen molar-refractivity contribution >= 4 is 17.9 Å². The number of carboxylic acid groups (broad SMARTS) is 3. The average Bonchev–Trinajstić information content (AvgIpc) is 2.15. The van der Waals surface area contributed by atoms with Gasteiger partial charge >= 0.3 is 17.9 Å². The average molecular weight is 232 g/mol. The van der Waals surface area contributed by atoms with Crippen molar-refractivity contribution in [2.45, 2.75) is 39.0 Å². The molecule has 0 aromatic rings. The van der Waals surface area contributed by atoms with Gasteiger partial charge in [-0.15, -0.1) is 0 Å². The summed E-state index contributed by atoms with van der Waals surface area (Å²) >= 11 is 0. The second-order valence-corrected chi connectivity index (χ2v) is 3.72. The molecule has 6 nitrogen and oxygen atoms in total. The molecule has 0 rings (SSSR count). The van der Waals surface area contributed by atoms with Gasteiger partial charge < -0.3 is 15.3 Å². The summed E-state index contributed by atoms with van der Waals surface area (Å²) in [4.78, 5) is 32.4. The largest absolute Gasteiger partial charge is 0.481 e. The molecule has 16 heavy (non-hydrogen) atoms. The van der Waals surface area contributed by atoms with Crippen LogP contribution in [0.3, 0.4) is 0 Å². The Bertz CT molecular complexity index is 269. The van der Waals surface area contributed by atoms with Crippen molar-refractivity contribution in [3.8, 4) is 0 Å². The van der Waals surface area contributed by atoms with E-state index in [2.05, 4.69) is 0 Å². The van der Waals surface area contributed by atoms with E-state index >= 15 is 0 Å². The normalized spacial score (nSPS) is 11.1. The molecule has 0 bridgehead atoms. The third-order valence-corrected chi connectivity index (χ3v) is 2.48. The standard InChI is InChI=1S/C10H16O6/c1-2-3-4-5-10(8(13)14,9(15)16)6-7(11)12/h2-6H2,1H3,(H,11,12)(H,13,14)(H,15,16). The van der Waals surface area contributed by atoms with Crippen LogP contribution in [0.5, 0.6) is 0 Å². The predicted molar refractivity (Wildman–Crippen MR) is 54.1 cm³/mol. The number of aliphatic carboxylic acids is 3. The minimum Gasteiger partial charge on any atom is -0.481 e. The number of hydrogen-bond acceptors (Lipinski definition) is 3. The Labute approximate surface area is 92.9 Å². The Morgan fingerprint density at radius 3 is 1.81 bits per heavy atom. The molecule has 0 aliphatic heterocycles. The van der Waals surface area contributed by atoms with Crippen LogP contribution in [0.25, 0.3) is 0 Å². The van der Waals surface area contributed by atoms with Crippen molar-refractivity contribution in [2.75, 3.05) is 0 Å². The van der Waals surface area contributed by atoms with Gasteiger partial charge in [-0.3, -0.25) is 14.4 Å². The van der Waals surface area contributed by atoms with Crippen LogP contribution in [0.2, 0.25) is 0 Å². The highest BCUT2D eigenvalue weighted by Gasteiger charge is 2.47. The van der Waals surface area contributed by atoms with Crippen molar-refractivity contribution in [1.82, 2.24) is 0 Å². The molecule has 92 valence electrons. The third kappa shape index (κ3) is 3.52. The molecular formula is C10H16O6. The fraction of sp³-hybridized carbons (Fsp3) is 0.700. The summed E-state index contributed by atoms with van der Waals surface area (Å²) < 4.78 is 0. The van der Waals surface area contributed by atoms with Gasteiger partial charge in [0.1, 0.15) is 0 Å². The van der Waals surface area contributed by atoms with Gasteiger partial charge in [-0.1, -0.05) is 26.2 Å². The lowest BCUT2D eigenvalue weighted by atomic mass is 9.79. The highest BCUT2D eigenvalue weighted by molar-refractivity contribution is 6.01. The minimum atomic E-state index is -2.19. The van der Waals surface area contributed by atoms with E-state index in [0.717, 1.165) is 6.42 Å². The van der Waals surface area contributed by atoms with Gasteiger partial charge in [-0.25, -0.2) is 0 Å². The lowest BCUT2D eigenvalue weighted by molar-refractivity contribution is -0.170. The topological polar surface area (TPSA) is 112 Å². The molecule has 0 aliphatic rings. The van der Waals surface area contributed by atoms with Gasteiger partial charge in [0.25, 0.3) is 0 Å². The van der Waals surface area contributed by atoms with Crippen LogP contribution in [0.1, 0.15) is 39.0 Å². The molecule has 0 saturated heterocycles. The third-order valence-electron chi connectivity index (χ3n) is 2.48. The maximum atomic E-state index is 10.9. The number of rotatable bonds is 8. The first-order chi connectivity index (χ1) is 7.36. The Hall–Kier alpha value is -1.59. The van der Waals surface area contributed by atoms with E-state index in [1.807, 2.05) is 6.92 Å². The van der Waals surface area contributed by atoms with Crippen molar-refractivity contribution in [2.24, 2.45) is 5.41 Å². The van der Waals surface area contributed by atoms with Gasteiger partial charge in [0.15, 0.2) is 5.41 Å². The first kappa shape index (κ1) is 14.4. The van der Waals surface area contributed by atoms with E-state index < -0.39 is 29.7 Å². The molecule has 6 heteroatoms. The summed E-state index contributed by atoms with van der Waals surface area (Å²) in [5.41, 5.74) is -2.19. The van der Waals surface area contributed by atoms with Gasteiger partial charge in [-0.05, 0) is 6.42 Å². The smallest absolute Gasteiger partial charge is 0.321 e. The van der Waals surface area contributed by atoms with Crippen LogP contribution < -0.4 is 0 Å². The van der Waals surface area contributed by atoms with E-state index in [1.165, 1.54) is 0 Å². The molecule has 0 aromatic heterocycles. The van der Waals surface area contributed by atoms with Gasteiger partial charge in [-0.2, -0.15) is 0 Å². The lowest BCUT2D eigenvalue weighted by Gasteiger charge is -2.22. The summed E-state index contributed by atoms with van der Waals surface area (Å²) in [7, 11) is 0. The van der Waals surface area contributed by atoms with E-state index in [9.17, 15) is 14.4 Å². The summed E-state index contributed by atoms with van der Waals surface area (Å²) in [5, 5.41) is 26.4. The Morgan fingerprint density at radius 1 is 1.00 bits per heavy atom. The molecule has 0 radical (unpaired) electrons. The van der Waals surface area contributed by atoms with Crippen LogP contribution in [-0.2, 0) is 14.4 Å². The molecule has 0 unspecified atom stereocenters. The molecule has 0 fully saturated rings. The number of carboxylic acids is 3. The highest BCUT2D eigenvalue weighted by Crippen LogP contribution is 2.30. The molecule has 0 spiro atoms. The summed E-state index contributed by atoms with van der Waals surface area (Å²) in [5.74, 6) is -4.58. The second-order valence-electron chi connectivity index (χ2n) is 3.72. The molecule has 0 aromatic carbocycles. The maximum absolute atomic E-state index is 10.9. The van der Waals surface area contributed by atoms with Crippen molar-refractivity contribution in [1.29, 1.82) is 0 Å². The number of hydrogen-bond donors (Lipinski definition) is 3. The Balaban J connectivity index is 4.87. The zero-order valence-corrected chi connectivity index (χ0v) is 9.10. The molecular weight excluding hydrogens is 216 g/mol. The van der Waals surface area contributed by atoms with Gasteiger partial charge in [0, 0.05) is 0 Å². The van der Waals surface area contributed by atoms with Crippen LogP contribution in [0.4, 0.5) is 0 Å². The first-order valence-corrected chi connectivity index (χ1v) is 5.05. The van der Waals surface area contributed by atoms with Crippen LogP contribution in [0.15, 0.2) is 0 Å². The predicted octanol–water partition coefficient (Wildman–Crippen LogP) is 1.20. The monoisotopic (exact) mass is 232 g/mol. The molecule has 0 amide bonds. The second kappa shape index (κ2) is 6.09. The van der Waals surface area contributed by atoms with Gasteiger partial charge in [0.2, 0.25) is 0 Å². The van der Waals surface area contributed by atoms with E-state index in [0.29, 0.717) is 12.8 Å². The van der Waals surface area contributed by atoms with E-state index in [4.69, 9.17) is 15.3 Å². The van der Waals surface area contributed by atoms with E-state index in [1.54, 1.807) is 0 Å². The Morgan fingerprint density at radius 2 is 1.50 bits per heavy atom. The fourth-order valence-corrected chi connectivity index (χ4v) is 1.48.